The van der Waals surface area contributed by atoms with Crippen molar-refractivity contribution < 1.29 is 20.6 Å². The first-order chi connectivity index (χ1) is 46.8. The zero-order valence-electron chi connectivity index (χ0n) is 59.8. The van der Waals surface area contributed by atoms with Crippen molar-refractivity contribution in [2.24, 2.45) is 26.6 Å². The molecule has 0 radical (unpaired) electrons. The van der Waals surface area contributed by atoms with Crippen LogP contribution in [0.1, 0.15) is 128 Å². The molecule has 1 saturated carbocycles. The molecule has 1 aliphatic rings. The van der Waals surface area contributed by atoms with Crippen LogP contribution < -0.4 is 13.7 Å². The molecule has 0 atom stereocenters. The third-order valence-corrected chi connectivity index (χ3v) is 23.0. The number of nitrogens with zero attached hydrogens (tertiary/aromatic N) is 3. The van der Waals surface area contributed by atoms with Gasteiger partial charge in [0.15, 0.2) is 18.6 Å². The maximum absolute atomic E-state index is 9.21. The van der Waals surface area contributed by atoms with Crippen LogP contribution in [0.3, 0.4) is 0 Å². The second kappa shape index (κ2) is 26.9. The predicted molar refractivity (Wildman–Crippen MR) is 424 cm³/mol. The fraction of sp³-hybridized carbons (Fsp3) is 0.233. The van der Waals surface area contributed by atoms with Crippen LogP contribution >= 0.6 is 34.0 Å². The SMILES string of the molecule is C.C.C.[2H]C(C)(C)c1ccc2cc3c(cc2c1)sc1c[n+](C)c(-c2ccccc2C)cc13.[2H]C([2H])([2H])c1ccc(-c2cc3c(c[n+]2C)sc2cc4cc(-c5ccccc5)ccc4cc23)c(C)c1.[2H]C1(c2ccc3cc4c(cc3c2)sc2c[n+](C)c(-c3ccccc3C)cc24)CCC(C)(C)CC1. The molecule has 0 aliphatic heterocycles. The second-order valence-electron chi connectivity index (χ2n) is 27.0. The highest BCUT2D eigenvalue weighted by Crippen LogP contribution is 2.45. The fourth-order valence-corrected chi connectivity index (χ4v) is 17.7. The molecule has 1 fully saturated rings. The predicted octanol–water partition coefficient (Wildman–Crippen LogP) is 25.7. The molecular weight excluding hydrogens is 1220 g/mol. The van der Waals surface area contributed by atoms with Crippen LogP contribution in [0, 0.1) is 33.0 Å². The average Bonchev–Trinajstić information content (AvgIpc) is 1.65. The number of aryl methyl sites for hydroxylation is 7. The normalized spacial score (nSPS) is 14.4. The van der Waals surface area contributed by atoms with Crippen molar-refractivity contribution in [3.63, 3.8) is 0 Å². The molecule has 0 unspecified atom stereocenters. The molecule has 0 spiro atoms. The van der Waals surface area contributed by atoms with E-state index in [2.05, 4.69) is 263 Å². The molecule has 16 aromatic rings. The highest BCUT2D eigenvalue weighted by molar-refractivity contribution is 7.26. The Hall–Kier alpha value is -8.91. The molecule has 17 rings (SSSR count). The number of benzene rings is 10. The first-order valence-electron chi connectivity index (χ1n) is 35.0. The van der Waals surface area contributed by atoms with E-state index in [-0.39, 0.29) is 22.3 Å². The number of aromatic nitrogens is 3. The molecule has 0 N–H and O–H groups in total. The van der Waals surface area contributed by atoms with Gasteiger partial charge in [-0.2, -0.15) is 13.7 Å². The lowest BCUT2D eigenvalue weighted by atomic mass is 9.71. The molecule has 6 heterocycles. The van der Waals surface area contributed by atoms with Crippen molar-refractivity contribution in [2.75, 3.05) is 0 Å². The summed E-state index contributed by atoms with van der Waals surface area (Å²) in [5.41, 5.74) is 16.2. The number of thiophene rings is 3. The van der Waals surface area contributed by atoms with Crippen LogP contribution in [0.15, 0.2) is 225 Å². The van der Waals surface area contributed by atoms with Gasteiger partial charge in [-0.25, -0.2) is 0 Å². The van der Waals surface area contributed by atoms with E-state index in [0.717, 1.165) is 48.1 Å². The molecule has 10 aromatic carbocycles. The van der Waals surface area contributed by atoms with Gasteiger partial charge in [0.2, 0.25) is 17.1 Å². The van der Waals surface area contributed by atoms with Gasteiger partial charge in [-0.1, -0.05) is 183 Å². The van der Waals surface area contributed by atoms with E-state index >= 15 is 0 Å². The van der Waals surface area contributed by atoms with Gasteiger partial charge in [-0.15, -0.1) is 34.0 Å². The first kappa shape index (κ1) is 60.7. The van der Waals surface area contributed by atoms with Gasteiger partial charge in [0.05, 0.1) is 14.1 Å². The third-order valence-electron chi connectivity index (χ3n) is 19.7. The van der Waals surface area contributed by atoms with Crippen LogP contribution in [0.25, 0.3) is 138 Å². The number of hydrogen-bond acceptors (Lipinski definition) is 3. The lowest BCUT2D eigenvalue weighted by Crippen LogP contribution is -2.30. The Morgan fingerprint density at radius 2 is 0.844 bits per heavy atom. The number of rotatable bonds is 6. The lowest BCUT2D eigenvalue weighted by molar-refractivity contribution is -0.659. The molecule has 1 aliphatic carbocycles. The first-order valence-corrected chi connectivity index (χ1v) is 35.0. The van der Waals surface area contributed by atoms with Crippen molar-refractivity contribution in [1.82, 2.24) is 0 Å². The summed E-state index contributed by atoms with van der Waals surface area (Å²) < 4.78 is 55.1. The maximum atomic E-state index is 9.21. The Morgan fingerprint density at radius 1 is 0.417 bits per heavy atom. The second-order valence-corrected chi connectivity index (χ2v) is 30.2. The minimum atomic E-state index is -2.10. The summed E-state index contributed by atoms with van der Waals surface area (Å²) in [7, 11) is 6.33. The Kier molecular flexibility index (Phi) is 17.0. The van der Waals surface area contributed by atoms with E-state index < -0.39 is 18.6 Å². The van der Waals surface area contributed by atoms with Crippen LogP contribution in [0.2, 0.25) is 0 Å². The van der Waals surface area contributed by atoms with Gasteiger partial charge in [-0.3, -0.25) is 0 Å². The summed E-state index contributed by atoms with van der Waals surface area (Å²) >= 11 is 5.53. The summed E-state index contributed by atoms with van der Waals surface area (Å²) in [4.78, 5) is 0. The van der Waals surface area contributed by atoms with Gasteiger partial charge >= 0.3 is 0 Å². The van der Waals surface area contributed by atoms with E-state index in [1.807, 2.05) is 66.9 Å². The molecule has 3 nitrogen and oxygen atoms in total. The molecule has 96 heavy (non-hydrogen) atoms. The third kappa shape index (κ3) is 12.8. The Morgan fingerprint density at radius 3 is 1.31 bits per heavy atom. The van der Waals surface area contributed by atoms with Crippen molar-refractivity contribution in [2.45, 2.75) is 115 Å². The van der Waals surface area contributed by atoms with Crippen LogP contribution in [0.5, 0.6) is 0 Å². The van der Waals surface area contributed by atoms with Crippen LogP contribution in [0.4, 0.5) is 0 Å². The molecule has 0 amide bonds. The van der Waals surface area contributed by atoms with Crippen molar-refractivity contribution in [3.05, 3.63) is 258 Å². The van der Waals surface area contributed by atoms with Gasteiger partial charge in [0, 0.05) is 88.2 Å². The minimum absolute atomic E-state index is 0. The monoisotopic (exact) mass is 1320 g/mol. The lowest BCUT2D eigenvalue weighted by Gasteiger charge is -2.34. The summed E-state index contributed by atoms with van der Waals surface area (Å²) in [5.74, 6) is -1.03. The highest BCUT2D eigenvalue weighted by Gasteiger charge is 2.28. The summed E-state index contributed by atoms with van der Waals surface area (Å²) in [5, 5.41) is 15.2. The maximum Gasteiger partial charge on any atom is 0.213 e. The van der Waals surface area contributed by atoms with E-state index in [1.165, 1.54) is 143 Å². The molecule has 0 bridgehead atoms. The molecule has 0 saturated heterocycles. The quantitative estimate of drug-likeness (QED) is 0.147. The summed E-state index contributed by atoms with van der Waals surface area (Å²) in [6.07, 6.45) is 10.9. The van der Waals surface area contributed by atoms with E-state index in [0.29, 0.717) is 11.0 Å². The van der Waals surface area contributed by atoms with Gasteiger partial charge in [0.25, 0.3) is 0 Å². The molecule has 6 heteroatoms. The highest BCUT2D eigenvalue weighted by atomic mass is 32.1. The Bertz CT molecular complexity index is 5860. The number of hydrogen-bond donors (Lipinski definition) is 0. The van der Waals surface area contributed by atoms with Gasteiger partial charge < -0.3 is 0 Å². The van der Waals surface area contributed by atoms with Crippen LogP contribution in [-0.4, -0.2) is 0 Å². The number of pyridine rings is 3. The largest absolute Gasteiger partial charge is 0.213 e. The van der Waals surface area contributed by atoms with Crippen LogP contribution in [-0.2, 0) is 21.1 Å². The summed E-state index contributed by atoms with van der Waals surface area (Å²) in [6.45, 7) is 12.8. The van der Waals surface area contributed by atoms with Crippen molar-refractivity contribution in [3.8, 4) is 44.9 Å². The zero-order chi connectivity index (χ0) is 68.3. The standard InChI is InChI=1S/C31H32NS.C30H24NS.C26H24NS.3CH4/c1-20-7-5-6-8-25(20)28-18-27-26-16-23-10-9-22(21-11-13-31(2,3)14-12-21)15-24(23)17-29(26)33-30(27)19-32(28)4;1-19-9-12-25(20(2)13-19)28-17-27-26-15-23-11-10-22(21-7-5-4-6-8-21)14-24(23)16-29(26)32-30(27)18-31(28)3;1-16(2)18-9-10-19-12-22-23-14-24(21-8-6-5-7-17(21)3)27(4)15-26(23)28-25(22)13-20(19)11-18;;;/h5-10,15-19,21H,11-14H2,1-4H3;4-18H,1-3H3;5-16H,1-4H3;3*1H4/q3*+1;;;/i21D;1D3;16D;;;. The van der Waals surface area contributed by atoms with Crippen molar-refractivity contribution >= 4 is 127 Å². The van der Waals surface area contributed by atoms with Gasteiger partial charge in [0.1, 0.15) is 21.1 Å². The molecule has 482 valence electrons. The smallest absolute Gasteiger partial charge is 0.200 e. The molecular formula is C90H92N3S3+3. The number of fused-ring (bicyclic) bond motifs is 12. The zero-order valence-corrected chi connectivity index (χ0v) is 57.2. The average molecular weight is 1320 g/mol. The Balaban J connectivity index is 0.000000142. The van der Waals surface area contributed by atoms with Gasteiger partial charge in [-0.05, 0) is 202 Å². The van der Waals surface area contributed by atoms with Crippen molar-refractivity contribution in [1.29, 1.82) is 0 Å². The topological polar surface area (TPSA) is 11.6 Å². The van der Waals surface area contributed by atoms with E-state index in [9.17, 15) is 1.37 Å². The molecule has 6 aromatic heterocycles. The van der Waals surface area contributed by atoms with E-state index in [4.69, 9.17) is 5.48 Å². The van der Waals surface area contributed by atoms with E-state index in [1.54, 1.807) is 12.1 Å². The Labute approximate surface area is 588 Å². The fourth-order valence-electron chi connectivity index (χ4n) is 14.2. The minimum Gasteiger partial charge on any atom is -0.200 e. The summed E-state index contributed by atoms with van der Waals surface area (Å²) in [6, 6.07) is 73.8.